The molecule has 6 nitrogen and oxygen atoms in total. The topological polar surface area (TPSA) is 93.2 Å². The zero-order chi connectivity index (χ0) is 15.7. The van der Waals surface area contributed by atoms with E-state index >= 15 is 0 Å². The summed E-state index contributed by atoms with van der Waals surface area (Å²) < 4.78 is 50.1. The maximum atomic E-state index is 12.3. The third-order valence-electron chi connectivity index (χ3n) is 2.55. The third-order valence-corrected chi connectivity index (χ3v) is 5.54. The van der Waals surface area contributed by atoms with E-state index in [0.717, 1.165) is 12.5 Å². The summed E-state index contributed by atoms with van der Waals surface area (Å²) in [4.78, 5) is 3.36. The van der Waals surface area contributed by atoms with Gasteiger partial charge in [0.15, 0.2) is 9.84 Å². The Kier molecular flexibility index (Phi) is 4.22. The molecule has 21 heavy (non-hydrogen) atoms. The molecule has 1 N–H and O–H groups in total. The van der Waals surface area contributed by atoms with Gasteiger partial charge in [-0.3, -0.25) is 9.71 Å². The molecule has 1 aromatic carbocycles. The summed E-state index contributed by atoms with van der Waals surface area (Å²) in [6.45, 7) is 0. The first-order valence-electron chi connectivity index (χ1n) is 5.63. The number of para-hydroxylation sites is 1. The highest BCUT2D eigenvalue weighted by molar-refractivity contribution is 7.93. The molecule has 0 saturated carbocycles. The van der Waals surface area contributed by atoms with Crippen LogP contribution in [0.15, 0.2) is 52.5 Å². The molecule has 0 radical (unpaired) electrons. The predicted octanol–water partition coefficient (Wildman–Crippen LogP) is 1.94. The number of hydrogen-bond acceptors (Lipinski definition) is 5. The highest BCUT2D eigenvalue weighted by atomic mass is 35.5. The molecule has 1 aromatic heterocycles. The summed E-state index contributed by atoms with van der Waals surface area (Å²) in [5, 5.41) is -0.00524. The molecule has 0 aliphatic rings. The van der Waals surface area contributed by atoms with Crippen molar-refractivity contribution in [1.29, 1.82) is 0 Å². The Hall–Kier alpha value is -1.64. The lowest BCUT2D eigenvalue weighted by atomic mass is 10.3. The van der Waals surface area contributed by atoms with Crippen LogP contribution in [0.1, 0.15) is 0 Å². The molecule has 0 fully saturated rings. The van der Waals surface area contributed by atoms with E-state index in [9.17, 15) is 16.8 Å². The van der Waals surface area contributed by atoms with Crippen molar-refractivity contribution >= 4 is 37.1 Å². The zero-order valence-corrected chi connectivity index (χ0v) is 13.2. The summed E-state index contributed by atoms with van der Waals surface area (Å²) in [6.07, 6.45) is 3.44. The summed E-state index contributed by atoms with van der Waals surface area (Å²) >= 11 is 5.83. The van der Waals surface area contributed by atoms with Crippen LogP contribution in [0.5, 0.6) is 0 Å². The van der Waals surface area contributed by atoms with E-state index < -0.39 is 19.9 Å². The maximum absolute atomic E-state index is 12.3. The Labute approximate surface area is 127 Å². The Morgan fingerprint density at radius 1 is 1.05 bits per heavy atom. The molecule has 0 unspecified atom stereocenters. The molecule has 2 aromatic rings. The molecular weight excluding hydrogens is 336 g/mol. The van der Waals surface area contributed by atoms with E-state index in [1.54, 1.807) is 0 Å². The fraction of sp³-hybridized carbons (Fsp3) is 0.0833. The molecule has 112 valence electrons. The lowest BCUT2D eigenvalue weighted by Crippen LogP contribution is -2.16. The molecule has 9 heteroatoms. The van der Waals surface area contributed by atoms with Crippen molar-refractivity contribution in [1.82, 2.24) is 4.98 Å². The quantitative estimate of drug-likeness (QED) is 0.913. The average Bonchev–Trinajstić information content (AvgIpc) is 2.38. The van der Waals surface area contributed by atoms with Crippen LogP contribution in [0.3, 0.4) is 0 Å². The molecular formula is C12H11ClN2O4S2. The minimum absolute atomic E-state index is 0.00524. The fourth-order valence-electron chi connectivity index (χ4n) is 1.63. The molecule has 0 bridgehead atoms. The van der Waals surface area contributed by atoms with Crippen LogP contribution in [-0.2, 0) is 19.9 Å². The largest absolute Gasteiger partial charge is 0.278 e. The van der Waals surface area contributed by atoms with Crippen molar-refractivity contribution in [3.8, 4) is 0 Å². The van der Waals surface area contributed by atoms with Gasteiger partial charge in [0.25, 0.3) is 10.0 Å². The first-order chi connectivity index (χ1) is 9.72. The lowest BCUT2D eigenvalue weighted by Gasteiger charge is -2.12. The van der Waals surface area contributed by atoms with Crippen molar-refractivity contribution < 1.29 is 16.8 Å². The van der Waals surface area contributed by atoms with Gasteiger partial charge in [-0.1, -0.05) is 23.7 Å². The van der Waals surface area contributed by atoms with Crippen molar-refractivity contribution in [2.24, 2.45) is 0 Å². The normalized spacial score (nSPS) is 12.1. The van der Waals surface area contributed by atoms with Crippen molar-refractivity contribution in [2.45, 2.75) is 9.79 Å². The van der Waals surface area contributed by atoms with Gasteiger partial charge in [0.05, 0.1) is 15.6 Å². The van der Waals surface area contributed by atoms with Gasteiger partial charge in [-0.2, -0.15) is 0 Å². The van der Waals surface area contributed by atoms with Crippen LogP contribution >= 0.6 is 11.6 Å². The van der Waals surface area contributed by atoms with E-state index in [0.29, 0.717) is 0 Å². The van der Waals surface area contributed by atoms with Gasteiger partial charge in [-0.25, -0.2) is 16.8 Å². The Morgan fingerprint density at radius 2 is 1.71 bits per heavy atom. The number of hydrogen-bond donors (Lipinski definition) is 1. The van der Waals surface area contributed by atoms with Crippen LogP contribution in [-0.4, -0.2) is 28.1 Å². The number of aromatic nitrogens is 1. The van der Waals surface area contributed by atoms with Crippen LogP contribution in [0.2, 0.25) is 5.02 Å². The van der Waals surface area contributed by atoms with Crippen LogP contribution in [0.25, 0.3) is 0 Å². The smallest absolute Gasteiger partial charge is 0.264 e. The van der Waals surface area contributed by atoms with Crippen molar-refractivity contribution in [3.63, 3.8) is 0 Å². The number of sulfonamides is 1. The Bertz CT molecular complexity index is 880. The van der Waals surface area contributed by atoms with Gasteiger partial charge < -0.3 is 0 Å². The highest BCUT2D eigenvalue weighted by Gasteiger charge is 2.21. The maximum Gasteiger partial charge on any atom is 0.264 e. The van der Waals surface area contributed by atoms with E-state index in [4.69, 9.17) is 11.6 Å². The van der Waals surface area contributed by atoms with E-state index in [-0.39, 0.29) is 20.5 Å². The summed E-state index contributed by atoms with van der Waals surface area (Å²) in [6, 6.07) is 7.04. The van der Waals surface area contributed by atoms with E-state index in [1.165, 1.54) is 36.5 Å². The summed E-state index contributed by atoms with van der Waals surface area (Å²) in [5.74, 6) is 0. The first kappa shape index (κ1) is 15.7. The molecule has 0 atom stereocenters. The molecule has 0 amide bonds. The second kappa shape index (κ2) is 5.63. The SMILES string of the molecule is CS(=O)(=O)c1ccccc1NS(=O)(=O)c1cnccc1Cl. The summed E-state index contributed by atoms with van der Waals surface area (Å²) in [7, 11) is -7.61. The number of nitrogens with zero attached hydrogens (tertiary/aromatic N) is 1. The summed E-state index contributed by atoms with van der Waals surface area (Å²) in [5.41, 5.74) is -0.0417. The number of anilines is 1. The molecule has 1 heterocycles. The van der Waals surface area contributed by atoms with Gasteiger partial charge in [-0.15, -0.1) is 0 Å². The number of nitrogens with one attached hydrogen (secondary N) is 1. The van der Waals surface area contributed by atoms with Crippen molar-refractivity contribution in [2.75, 3.05) is 11.0 Å². The standard InChI is InChI=1S/C12H11ClN2O4S2/c1-20(16,17)11-5-3-2-4-10(11)15-21(18,19)12-8-14-7-6-9(12)13/h2-8,15H,1H3. The van der Waals surface area contributed by atoms with Crippen LogP contribution in [0.4, 0.5) is 5.69 Å². The number of pyridine rings is 1. The zero-order valence-electron chi connectivity index (χ0n) is 10.8. The number of halogens is 1. The minimum Gasteiger partial charge on any atom is -0.278 e. The Morgan fingerprint density at radius 3 is 2.33 bits per heavy atom. The molecule has 0 spiro atoms. The fourth-order valence-corrected chi connectivity index (χ4v) is 4.06. The molecule has 2 rings (SSSR count). The van der Waals surface area contributed by atoms with Gasteiger partial charge in [-0.05, 0) is 18.2 Å². The van der Waals surface area contributed by atoms with Crippen LogP contribution < -0.4 is 4.72 Å². The second-order valence-corrected chi connectivity index (χ2v) is 8.22. The van der Waals surface area contributed by atoms with Crippen molar-refractivity contribution in [3.05, 3.63) is 47.7 Å². The van der Waals surface area contributed by atoms with Gasteiger partial charge in [0.1, 0.15) is 4.90 Å². The molecule has 0 saturated heterocycles. The molecule has 0 aliphatic carbocycles. The van der Waals surface area contributed by atoms with Gasteiger partial charge in [0, 0.05) is 18.6 Å². The predicted molar refractivity (Wildman–Crippen MR) is 79.6 cm³/mol. The van der Waals surface area contributed by atoms with E-state index in [1.807, 2.05) is 0 Å². The monoisotopic (exact) mass is 346 g/mol. The average molecular weight is 347 g/mol. The first-order valence-corrected chi connectivity index (χ1v) is 9.38. The number of rotatable bonds is 4. The van der Waals surface area contributed by atoms with Gasteiger partial charge >= 0.3 is 0 Å². The highest BCUT2D eigenvalue weighted by Crippen LogP contribution is 2.26. The number of sulfone groups is 1. The third kappa shape index (κ3) is 3.52. The lowest BCUT2D eigenvalue weighted by molar-refractivity contribution is 0.600. The van der Waals surface area contributed by atoms with Gasteiger partial charge in [0.2, 0.25) is 0 Å². The van der Waals surface area contributed by atoms with E-state index in [2.05, 4.69) is 9.71 Å². The van der Waals surface area contributed by atoms with Crippen LogP contribution in [0, 0.1) is 0 Å². The molecule has 0 aliphatic heterocycles. The second-order valence-electron chi connectivity index (χ2n) is 4.18. The number of benzene rings is 1. The Balaban J connectivity index is 2.51. The minimum atomic E-state index is -4.04.